The number of alkyl halides is 3. The Morgan fingerprint density at radius 3 is 2.50 bits per heavy atom. The lowest BCUT2D eigenvalue weighted by molar-refractivity contribution is -0.137. The first-order valence-corrected chi connectivity index (χ1v) is 8.05. The van der Waals surface area contributed by atoms with Crippen LogP contribution in [0.2, 0.25) is 0 Å². The summed E-state index contributed by atoms with van der Waals surface area (Å²) in [6.07, 6.45) is -4.38. The van der Waals surface area contributed by atoms with Crippen LogP contribution in [-0.2, 0) is 12.7 Å². The van der Waals surface area contributed by atoms with Gasteiger partial charge in [-0.3, -0.25) is 4.79 Å². The lowest BCUT2D eigenvalue weighted by Crippen LogP contribution is -2.34. The van der Waals surface area contributed by atoms with E-state index >= 15 is 0 Å². The molecule has 3 aromatic rings. The molecule has 0 unspecified atom stereocenters. The van der Waals surface area contributed by atoms with Crippen LogP contribution in [0.1, 0.15) is 16.1 Å². The second kappa shape index (κ2) is 5.79. The number of benzene rings is 2. The summed E-state index contributed by atoms with van der Waals surface area (Å²) in [6, 6.07) is 10.4. The Morgan fingerprint density at radius 1 is 1.12 bits per heavy atom. The molecule has 134 valence electrons. The highest BCUT2D eigenvalue weighted by molar-refractivity contribution is 6.04. The number of amides is 1. The first-order chi connectivity index (χ1) is 12.4. The van der Waals surface area contributed by atoms with E-state index in [0.29, 0.717) is 30.1 Å². The summed E-state index contributed by atoms with van der Waals surface area (Å²) in [6.45, 7) is 1.11. The average molecular weight is 360 g/mol. The minimum atomic E-state index is -4.38. The van der Waals surface area contributed by atoms with Crippen molar-refractivity contribution < 1.29 is 22.7 Å². The van der Waals surface area contributed by atoms with Gasteiger partial charge >= 0.3 is 6.18 Å². The summed E-state index contributed by atoms with van der Waals surface area (Å²) >= 11 is 0. The van der Waals surface area contributed by atoms with E-state index in [9.17, 15) is 18.0 Å². The van der Waals surface area contributed by atoms with E-state index in [1.54, 1.807) is 12.1 Å². The number of rotatable bonds is 2. The fourth-order valence-electron chi connectivity index (χ4n) is 3.36. The van der Waals surface area contributed by atoms with Gasteiger partial charge in [0.05, 0.1) is 18.2 Å². The van der Waals surface area contributed by atoms with Crippen LogP contribution < -0.4 is 10.1 Å². The zero-order valence-corrected chi connectivity index (χ0v) is 13.9. The Kier molecular flexibility index (Phi) is 3.68. The number of hydrogen-bond donors (Lipinski definition) is 1. The first kappa shape index (κ1) is 16.5. The lowest BCUT2D eigenvalue weighted by Gasteiger charge is -2.18. The maximum atomic E-state index is 12.8. The minimum Gasteiger partial charge on any atom is -0.497 e. The third-order valence-electron chi connectivity index (χ3n) is 4.58. The number of methoxy groups -OCH3 is 1. The van der Waals surface area contributed by atoms with Crippen LogP contribution in [-0.4, -0.2) is 24.1 Å². The Balaban J connectivity index is 1.95. The van der Waals surface area contributed by atoms with Crippen LogP contribution in [0.4, 0.5) is 13.2 Å². The Hall–Kier alpha value is -2.96. The van der Waals surface area contributed by atoms with Gasteiger partial charge in [-0.2, -0.15) is 13.2 Å². The molecule has 1 aliphatic heterocycles. The van der Waals surface area contributed by atoms with Crippen molar-refractivity contribution in [3.63, 3.8) is 0 Å². The molecule has 0 saturated heterocycles. The molecule has 1 aliphatic rings. The molecule has 7 heteroatoms. The molecule has 0 atom stereocenters. The highest BCUT2D eigenvalue weighted by Gasteiger charge is 2.30. The van der Waals surface area contributed by atoms with Gasteiger partial charge in [0.2, 0.25) is 0 Å². The van der Waals surface area contributed by atoms with E-state index < -0.39 is 11.7 Å². The van der Waals surface area contributed by atoms with Crippen LogP contribution in [0.3, 0.4) is 0 Å². The SMILES string of the molecule is COc1cc(-c2ccc(C(F)(F)F)cc2)c2c(c1)cc1n2CCNC1=O. The number of carbonyl (C=O) groups excluding carboxylic acids is 1. The molecule has 26 heavy (non-hydrogen) atoms. The molecule has 1 N–H and O–H groups in total. The topological polar surface area (TPSA) is 43.3 Å². The summed E-state index contributed by atoms with van der Waals surface area (Å²) in [7, 11) is 1.53. The molecule has 0 fully saturated rings. The highest BCUT2D eigenvalue weighted by atomic mass is 19.4. The van der Waals surface area contributed by atoms with Gasteiger partial charge < -0.3 is 14.6 Å². The lowest BCUT2D eigenvalue weighted by atomic mass is 10.0. The number of hydrogen-bond acceptors (Lipinski definition) is 2. The standard InChI is InChI=1S/C19H15F3N2O2/c1-26-14-8-12-9-16-18(25)23-6-7-24(16)17(12)15(10-14)11-2-4-13(5-3-11)19(20,21)22/h2-5,8-10H,6-7H2,1H3,(H,23,25). The number of aromatic nitrogens is 1. The van der Waals surface area contributed by atoms with Crippen LogP contribution in [0, 0.1) is 0 Å². The van der Waals surface area contributed by atoms with Crippen LogP contribution >= 0.6 is 0 Å². The molecule has 0 saturated carbocycles. The molecule has 2 heterocycles. The molecule has 0 radical (unpaired) electrons. The number of fused-ring (bicyclic) bond motifs is 3. The Labute approximate surface area is 147 Å². The van der Waals surface area contributed by atoms with Crippen molar-refractivity contribution in [1.29, 1.82) is 0 Å². The van der Waals surface area contributed by atoms with E-state index in [1.165, 1.54) is 19.2 Å². The average Bonchev–Trinajstić information content (AvgIpc) is 3.00. The molecule has 0 bridgehead atoms. The summed E-state index contributed by atoms with van der Waals surface area (Å²) < 4.78 is 45.8. The van der Waals surface area contributed by atoms with Gasteiger partial charge in [-0.05, 0) is 35.9 Å². The first-order valence-electron chi connectivity index (χ1n) is 8.05. The summed E-state index contributed by atoms with van der Waals surface area (Å²) in [5, 5.41) is 3.61. The molecule has 4 nitrogen and oxygen atoms in total. The summed E-state index contributed by atoms with van der Waals surface area (Å²) in [5.41, 5.74) is 2.02. The zero-order chi connectivity index (χ0) is 18.5. The third kappa shape index (κ3) is 2.60. The van der Waals surface area contributed by atoms with E-state index in [2.05, 4.69) is 5.32 Å². The zero-order valence-electron chi connectivity index (χ0n) is 13.9. The summed E-state index contributed by atoms with van der Waals surface area (Å²) in [4.78, 5) is 12.1. The normalized spacial score (nSPS) is 14.2. The maximum absolute atomic E-state index is 12.8. The number of halogens is 3. The van der Waals surface area contributed by atoms with E-state index in [1.807, 2.05) is 10.6 Å². The quantitative estimate of drug-likeness (QED) is 0.748. The van der Waals surface area contributed by atoms with Crippen LogP contribution in [0.15, 0.2) is 42.5 Å². The minimum absolute atomic E-state index is 0.162. The van der Waals surface area contributed by atoms with Gasteiger partial charge in [0.15, 0.2) is 0 Å². The van der Waals surface area contributed by atoms with E-state index in [-0.39, 0.29) is 5.91 Å². The smallest absolute Gasteiger partial charge is 0.416 e. The fraction of sp³-hybridized carbons (Fsp3) is 0.211. The van der Waals surface area contributed by atoms with E-state index in [4.69, 9.17) is 4.74 Å². The van der Waals surface area contributed by atoms with Crippen LogP contribution in [0.5, 0.6) is 5.75 Å². The second-order valence-electron chi connectivity index (χ2n) is 6.13. The summed E-state index contributed by atoms with van der Waals surface area (Å²) in [5.74, 6) is 0.417. The highest BCUT2D eigenvalue weighted by Crippen LogP contribution is 2.37. The molecular weight excluding hydrogens is 345 g/mol. The van der Waals surface area contributed by atoms with Crippen molar-refractivity contribution >= 4 is 16.8 Å². The second-order valence-corrected chi connectivity index (χ2v) is 6.13. The van der Waals surface area contributed by atoms with Crippen molar-refractivity contribution in [2.45, 2.75) is 12.7 Å². The largest absolute Gasteiger partial charge is 0.497 e. The van der Waals surface area contributed by atoms with Gasteiger partial charge in [-0.15, -0.1) is 0 Å². The maximum Gasteiger partial charge on any atom is 0.416 e. The van der Waals surface area contributed by atoms with Gasteiger partial charge in [-0.25, -0.2) is 0 Å². The monoisotopic (exact) mass is 360 g/mol. The van der Waals surface area contributed by atoms with Gasteiger partial charge in [-0.1, -0.05) is 12.1 Å². The van der Waals surface area contributed by atoms with Crippen molar-refractivity contribution in [2.75, 3.05) is 13.7 Å². The van der Waals surface area contributed by atoms with Gasteiger partial charge in [0.1, 0.15) is 11.4 Å². The fourth-order valence-corrected chi connectivity index (χ4v) is 3.36. The number of ether oxygens (including phenoxy) is 1. The predicted octanol–water partition coefficient (Wildman–Crippen LogP) is 4.08. The molecule has 1 amide bonds. The van der Waals surface area contributed by atoms with E-state index in [0.717, 1.165) is 28.6 Å². The molecule has 4 rings (SSSR count). The molecular formula is C19H15F3N2O2. The number of nitrogens with zero attached hydrogens (tertiary/aromatic N) is 1. The van der Waals surface area contributed by atoms with Crippen LogP contribution in [0.25, 0.3) is 22.0 Å². The molecule has 1 aromatic heterocycles. The van der Waals surface area contributed by atoms with Crippen molar-refractivity contribution in [3.05, 3.63) is 53.7 Å². The van der Waals surface area contributed by atoms with Crippen molar-refractivity contribution in [1.82, 2.24) is 9.88 Å². The molecule has 0 aliphatic carbocycles. The van der Waals surface area contributed by atoms with Crippen molar-refractivity contribution in [2.24, 2.45) is 0 Å². The Bertz CT molecular complexity index is 1000. The predicted molar refractivity (Wildman–Crippen MR) is 91.3 cm³/mol. The molecule has 0 spiro atoms. The number of carbonyl (C=O) groups is 1. The number of nitrogens with one attached hydrogen (secondary N) is 1. The molecule has 2 aromatic carbocycles. The Morgan fingerprint density at radius 2 is 1.85 bits per heavy atom. The third-order valence-corrected chi connectivity index (χ3v) is 4.58. The van der Waals surface area contributed by atoms with Crippen molar-refractivity contribution in [3.8, 4) is 16.9 Å². The van der Waals surface area contributed by atoms with Gasteiger partial charge in [0, 0.05) is 24.0 Å². The van der Waals surface area contributed by atoms with Gasteiger partial charge in [0.25, 0.3) is 5.91 Å².